The summed E-state index contributed by atoms with van der Waals surface area (Å²) in [5.41, 5.74) is -1.96. The molecule has 9 heteroatoms. The Labute approximate surface area is 121 Å². The summed E-state index contributed by atoms with van der Waals surface area (Å²) in [6, 6.07) is 5.36. The van der Waals surface area contributed by atoms with Gasteiger partial charge in [-0.1, -0.05) is 0 Å². The van der Waals surface area contributed by atoms with E-state index in [1.54, 1.807) is 0 Å². The van der Waals surface area contributed by atoms with E-state index in [0.29, 0.717) is 12.4 Å². The minimum absolute atomic E-state index is 0.190. The van der Waals surface area contributed by atoms with Crippen LogP contribution in [0.4, 0.5) is 18.0 Å². The molecule has 0 bridgehead atoms. The smallest absolute Gasteiger partial charge is 0.419 e. The lowest BCUT2D eigenvalue weighted by Crippen LogP contribution is -2.06. The second-order valence-corrected chi connectivity index (χ2v) is 3.97. The molecule has 5 nitrogen and oxygen atoms in total. The molecule has 1 aromatic carbocycles. The van der Waals surface area contributed by atoms with Crippen LogP contribution >= 0.6 is 11.6 Å². The molecule has 21 heavy (non-hydrogen) atoms. The van der Waals surface area contributed by atoms with Crippen LogP contribution in [0, 0.1) is 0 Å². The van der Waals surface area contributed by atoms with Crippen molar-refractivity contribution in [1.82, 2.24) is 9.97 Å². The first kappa shape index (κ1) is 15.0. The molecule has 0 spiro atoms. The quantitative estimate of drug-likeness (QED) is 0.800. The monoisotopic (exact) mass is 318 g/mol. The molecular weight excluding hydrogens is 313 g/mol. The number of hydrogen-bond acceptors (Lipinski definition) is 5. The van der Waals surface area contributed by atoms with Crippen LogP contribution in [0.5, 0.6) is 17.5 Å². The second kappa shape index (κ2) is 5.96. The van der Waals surface area contributed by atoms with Gasteiger partial charge in [0.15, 0.2) is 0 Å². The largest absolute Gasteiger partial charge is 0.424 e. The van der Waals surface area contributed by atoms with E-state index >= 15 is 0 Å². The highest BCUT2D eigenvalue weighted by atomic mass is 35.5. The van der Waals surface area contributed by atoms with Gasteiger partial charge in [-0.15, -0.1) is 0 Å². The van der Waals surface area contributed by atoms with E-state index < -0.39 is 17.2 Å². The molecule has 0 fully saturated rings. The van der Waals surface area contributed by atoms with Crippen molar-refractivity contribution in [3.05, 3.63) is 42.2 Å². The number of halogens is 4. The molecule has 2 rings (SSSR count). The summed E-state index contributed by atoms with van der Waals surface area (Å²) in [6.45, 7) is 0. The molecule has 0 N–H and O–H groups in total. The van der Waals surface area contributed by atoms with Gasteiger partial charge in [0.1, 0.15) is 11.5 Å². The summed E-state index contributed by atoms with van der Waals surface area (Å²) < 4.78 is 46.7. The molecule has 110 valence electrons. The zero-order valence-corrected chi connectivity index (χ0v) is 10.9. The fourth-order valence-corrected chi connectivity index (χ4v) is 1.38. The Kier molecular flexibility index (Phi) is 4.27. The summed E-state index contributed by atoms with van der Waals surface area (Å²) in [6.07, 6.45) is -3.27. The third-order valence-electron chi connectivity index (χ3n) is 2.19. The predicted molar refractivity (Wildman–Crippen MR) is 65.4 cm³/mol. The Balaban J connectivity index is 2.06. The summed E-state index contributed by atoms with van der Waals surface area (Å²) in [5.74, 6) is 0.444. The van der Waals surface area contributed by atoms with Gasteiger partial charge in [-0.05, 0) is 24.3 Å². The fourth-order valence-electron chi connectivity index (χ4n) is 1.29. The zero-order valence-electron chi connectivity index (χ0n) is 10.1. The topological polar surface area (TPSA) is 61.3 Å². The predicted octanol–water partition coefficient (Wildman–Crippen LogP) is 4.03. The Hall–Kier alpha value is -2.35. The molecule has 2 aromatic rings. The summed E-state index contributed by atoms with van der Waals surface area (Å²) >= 11 is 5.03. The third-order valence-corrected chi connectivity index (χ3v) is 2.26. The van der Waals surface area contributed by atoms with E-state index in [1.165, 1.54) is 24.3 Å². The van der Waals surface area contributed by atoms with Crippen molar-refractivity contribution in [2.24, 2.45) is 0 Å². The van der Waals surface area contributed by atoms with Crippen LogP contribution in [-0.2, 0) is 6.18 Å². The van der Waals surface area contributed by atoms with Crippen molar-refractivity contribution in [2.45, 2.75) is 6.18 Å². The van der Waals surface area contributed by atoms with E-state index in [4.69, 9.17) is 16.3 Å². The Morgan fingerprint density at radius 1 is 1.05 bits per heavy atom. The molecule has 1 heterocycles. The van der Waals surface area contributed by atoms with Crippen LogP contribution in [0.1, 0.15) is 5.56 Å². The van der Waals surface area contributed by atoms with Gasteiger partial charge in [0, 0.05) is 24.0 Å². The summed E-state index contributed by atoms with van der Waals surface area (Å²) in [4.78, 5) is 17.4. The van der Waals surface area contributed by atoms with Crippen molar-refractivity contribution in [3.8, 4) is 17.5 Å². The molecule has 0 aliphatic heterocycles. The number of ether oxygens (including phenoxy) is 2. The van der Waals surface area contributed by atoms with Gasteiger partial charge in [-0.3, -0.25) is 0 Å². The molecular formula is C12H6ClF3N2O3. The summed E-state index contributed by atoms with van der Waals surface area (Å²) in [5, 5.41) is 0. The number of carbonyl (C=O) groups excluding carboxylic acids is 1. The lowest BCUT2D eigenvalue weighted by molar-refractivity contribution is -0.138. The van der Waals surface area contributed by atoms with Crippen LogP contribution < -0.4 is 9.47 Å². The van der Waals surface area contributed by atoms with E-state index in [0.717, 1.165) is 0 Å². The second-order valence-electron chi connectivity index (χ2n) is 3.67. The van der Waals surface area contributed by atoms with Crippen molar-refractivity contribution < 1.29 is 27.4 Å². The van der Waals surface area contributed by atoms with Gasteiger partial charge >= 0.3 is 17.6 Å². The van der Waals surface area contributed by atoms with Gasteiger partial charge in [0.25, 0.3) is 0 Å². The third kappa shape index (κ3) is 4.32. The minimum atomic E-state index is -4.51. The van der Waals surface area contributed by atoms with Crippen molar-refractivity contribution in [1.29, 1.82) is 0 Å². The maximum absolute atomic E-state index is 12.3. The molecule has 0 amide bonds. The number of aromatic nitrogens is 2. The highest BCUT2D eigenvalue weighted by molar-refractivity contribution is 6.61. The van der Waals surface area contributed by atoms with Crippen molar-refractivity contribution in [3.63, 3.8) is 0 Å². The van der Waals surface area contributed by atoms with Crippen LogP contribution in [0.2, 0.25) is 0 Å². The van der Waals surface area contributed by atoms with Crippen LogP contribution in [0.3, 0.4) is 0 Å². The molecule has 0 saturated heterocycles. The van der Waals surface area contributed by atoms with Crippen molar-refractivity contribution >= 4 is 17.0 Å². The normalized spacial score (nSPS) is 11.0. The SMILES string of the molecule is O=C(Cl)Oc1ccc(Oc2ncc(C(F)(F)F)cn2)cc1. The number of carbonyl (C=O) groups is 1. The Morgan fingerprint density at radius 2 is 1.57 bits per heavy atom. The maximum atomic E-state index is 12.3. The molecule has 0 aliphatic rings. The maximum Gasteiger partial charge on any atom is 0.419 e. The first-order valence-electron chi connectivity index (χ1n) is 5.39. The van der Waals surface area contributed by atoms with Gasteiger partial charge in [0.2, 0.25) is 0 Å². The number of rotatable bonds is 3. The molecule has 0 saturated carbocycles. The van der Waals surface area contributed by atoms with E-state index in [1.807, 2.05) is 0 Å². The molecule has 0 radical (unpaired) electrons. The molecule has 0 atom stereocenters. The average molecular weight is 319 g/mol. The number of benzene rings is 1. The minimum Gasteiger partial charge on any atom is -0.424 e. The number of nitrogens with zero attached hydrogens (tertiary/aromatic N) is 2. The highest BCUT2D eigenvalue weighted by Gasteiger charge is 2.31. The fraction of sp³-hybridized carbons (Fsp3) is 0.0833. The van der Waals surface area contributed by atoms with E-state index in [-0.39, 0.29) is 17.5 Å². The van der Waals surface area contributed by atoms with Crippen molar-refractivity contribution in [2.75, 3.05) is 0 Å². The van der Waals surface area contributed by atoms with E-state index in [9.17, 15) is 18.0 Å². The Morgan fingerprint density at radius 3 is 2.05 bits per heavy atom. The van der Waals surface area contributed by atoms with Gasteiger partial charge in [-0.2, -0.15) is 13.2 Å². The van der Waals surface area contributed by atoms with Crippen LogP contribution in [-0.4, -0.2) is 15.4 Å². The highest BCUT2D eigenvalue weighted by Crippen LogP contribution is 2.29. The van der Waals surface area contributed by atoms with Crippen LogP contribution in [0.15, 0.2) is 36.7 Å². The van der Waals surface area contributed by atoms with E-state index in [2.05, 4.69) is 14.7 Å². The zero-order chi connectivity index (χ0) is 15.5. The number of hydrogen-bond donors (Lipinski definition) is 0. The Bertz CT molecular complexity index is 630. The van der Waals surface area contributed by atoms with Crippen LogP contribution in [0.25, 0.3) is 0 Å². The first-order valence-corrected chi connectivity index (χ1v) is 5.77. The lowest BCUT2D eigenvalue weighted by atomic mass is 10.3. The first-order chi connectivity index (χ1) is 9.84. The molecule has 1 aromatic heterocycles. The van der Waals surface area contributed by atoms with Gasteiger partial charge in [-0.25, -0.2) is 14.8 Å². The average Bonchev–Trinajstić information content (AvgIpc) is 2.40. The standard InChI is InChI=1S/C12H6ClF3N2O3/c13-10(19)20-8-1-3-9(4-2-8)21-11-17-5-7(6-18-11)12(14,15)16/h1-6H. The molecule has 0 unspecified atom stereocenters. The van der Waals surface area contributed by atoms with Gasteiger partial charge in [0.05, 0.1) is 5.56 Å². The number of alkyl halides is 3. The summed E-state index contributed by atoms with van der Waals surface area (Å²) in [7, 11) is 0. The lowest BCUT2D eigenvalue weighted by Gasteiger charge is -2.07. The van der Waals surface area contributed by atoms with Gasteiger partial charge < -0.3 is 9.47 Å². The molecule has 0 aliphatic carbocycles.